The van der Waals surface area contributed by atoms with Crippen molar-refractivity contribution in [3.8, 4) is 0 Å². The molecule has 15 heavy (non-hydrogen) atoms. The summed E-state index contributed by atoms with van der Waals surface area (Å²) in [6.07, 6.45) is 2.63. The molecule has 0 spiro atoms. The van der Waals surface area contributed by atoms with Crippen molar-refractivity contribution in [2.45, 2.75) is 13.0 Å². The largest absolute Gasteiger partial charge is 0.333 e. The van der Waals surface area contributed by atoms with Crippen molar-refractivity contribution < 1.29 is 4.79 Å². The fourth-order valence-corrected chi connectivity index (χ4v) is 1.87. The van der Waals surface area contributed by atoms with Gasteiger partial charge in [-0.1, -0.05) is 48.0 Å². The van der Waals surface area contributed by atoms with Crippen molar-refractivity contribution in [2.75, 3.05) is 6.54 Å². The minimum atomic E-state index is -0.0632. The van der Waals surface area contributed by atoms with Gasteiger partial charge in [-0.25, -0.2) is 0 Å². The number of rotatable bonds is 2. The molecule has 2 rings (SSSR count). The molecule has 2 nitrogen and oxygen atoms in total. The van der Waals surface area contributed by atoms with E-state index in [-0.39, 0.29) is 5.91 Å². The maximum atomic E-state index is 11.7. The molecule has 0 fully saturated rings. The van der Waals surface area contributed by atoms with E-state index in [0.717, 1.165) is 18.5 Å². The highest BCUT2D eigenvalue weighted by Gasteiger charge is 2.19. The number of halogens is 1. The number of carbonyl (C=O) groups excluding carboxylic acids is 1. The quantitative estimate of drug-likeness (QED) is 0.752. The monoisotopic (exact) mass is 221 g/mol. The van der Waals surface area contributed by atoms with Gasteiger partial charge in [-0.2, -0.15) is 0 Å². The second-order valence-electron chi connectivity index (χ2n) is 3.55. The average molecular weight is 222 g/mol. The Hall–Kier alpha value is -1.28. The zero-order chi connectivity index (χ0) is 10.7. The Bertz CT molecular complexity index is 386. The molecule has 0 aromatic heterocycles. The molecule has 3 heteroatoms. The Balaban J connectivity index is 2.08. The normalized spacial score (nSPS) is 16.5. The first-order chi connectivity index (χ1) is 7.27. The molecule has 0 atom stereocenters. The minimum absolute atomic E-state index is 0.0632. The van der Waals surface area contributed by atoms with E-state index in [4.69, 9.17) is 11.6 Å². The van der Waals surface area contributed by atoms with Gasteiger partial charge in [-0.3, -0.25) is 4.79 Å². The SMILES string of the molecule is O=C1C(Cl)=CCCN1Cc1ccccc1. The van der Waals surface area contributed by atoms with E-state index >= 15 is 0 Å². The van der Waals surface area contributed by atoms with Crippen LogP contribution in [-0.2, 0) is 11.3 Å². The first-order valence-electron chi connectivity index (χ1n) is 4.96. The van der Waals surface area contributed by atoms with Crippen LogP contribution in [0.4, 0.5) is 0 Å². The van der Waals surface area contributed by atoms with E-state index in [1.807, 2.05) is 30.3 Å². The maximum absolute atomic E-state index is 11.7. The molecule has 0 unspecified atom stereocenters. The number of nitrogens with zero attached hydrogens (tertiary/aromatic N) is 1. The first kappa shape index (κ1) is 10.2. The first-order valence-corrected chi connectivity index (χ1v) is 5.34. The molecule has 0 saturated heterocycles. The topological polar surface area (TPSA) is 20.3 Å². The van der Waals surface area contributed by atoms with Crippen LogP contribution < -0.4 is 0 Å². The second kappa shape index (κ2) is 4.49. The van der Waals surface area contributed by atoms with Crippen molar-refractivity contribution in [3.63, 3.8) is 0 Å². The van der Waals surface area contributed by atoms with Gasteiger partial charge in [0.1, 0.15) is 5.03 Å². The molecule has 78 valence electrons. The lowest BCUT2D eigenvalue weighted by Crippen LogP contribution is -2.33. The zero-order valence-electron chi connectivity index (χ0n) is 8.32. The van der Waals surface area contributed by atoms with Gasteiger partial charge in [-0.15, -0.1) is 0 Å². The summed E-state index contributed by atoms with van der Waals surface area (Å²) >= 11 is 5.80. The number of benzene rings is 1. The molecule has 0 radical (unpaired) electrons. The lowest BCUT2D eigenvalue weighted by atomic mass is 10.2. The number of hydrogen-bond donors (Lipinski definition) is 0. The van der Waals surface area contributed by atoms with Crippen LogP contribution in [0.3, 0.4) is 0 Å². The summed E-state index contributed by atoms with van der Waals surface area (Å²) in [5.74, 6) is -0.0632. The Morgan fingerprint density at radius 1 is 1.27 bits per heavy atom. The molecule has 1 aliphatic heterocycles. The average Bonchev–Trinajstić information content (AvgIpc) is 2.26. The third-order valence-electron chi connectivity index (χ3n) is 2.43. The smallest absolute Gasteiger partial charge is 0.265 e. The van der Waals surface area contributed by atoms with Crippen LogP contribution in [0.1, 0.15) is 12.0 Å². The van der Waals surface area contributed by atoms with E-state index in [2.05, 4.69) is 0 Å². The Kier molecular flexibility index (Phi) is 3.07. The fraction of sp³-hybridized carbons (Fsp3) is 0.250. The molecular formula is C12H12ClNO. The molecule has 1 aromatic carbocycles. The molecule has 1 aromatic rings. The fourth-order valence-electron chi connectivity index (χ4n) is 1.64. The molecule has 1 amide bonds. The third kappa shape index (κ3) is 2.39. The van der Waals surface area contributed by atoms with Crippen LogP contribution in [0.25, 0.3) is 0 Å². The highest BCUT2D eigenvalue weighted by atomic mass is 35.5. The highest BCUT2D eigenvalue weighted by molar-refractivity contribution is 6.42. The molecule has 1 aliphatic rings. The van der Waals surface area contributed by atoms with Crippen LogP contribution in [0.5, 0.6) is 0 Å². The standard InChI is InChI=1S/C12H12ClNO/c13-11-7-4-8-14(12(11)15)9-10-5-2-1-3-6-10/h1-3,5-7H,4,8-9H2. The van der Waals surface area contributed by atoms with Gasteiger partial charge in [0.2, 0.25) is 0 Å². The predicted molar refractivity (Wildman–Crippen MR) is 60.4 cm³/mol. The van der Waals surface area contributed by atoms with Crippen molar-refractivity contribution in [1.82, 2.24) is 4.90 Å². The minimum Gasteiger partial charge on any atom is -0.333 e. The van der Waals surface area contributed by atoms with Crippen LogP contribution in [-0.4, -0.2) is 17.4 Å². The van der Waals surface area contributed by atoms with E-state index in [0.29, 0.717) is 11.6 Å². The summed E-state index contributed by atoms with van der Waals surface area (Å²) < 4.78 is 0. The highest BCUT2D eigenvalue weighted by Crippen LogP contribution is 2.17. The number of amides is 1. The number of hydrogen-bond acceptors (Lipinski definition) is 1. The van der Waals surface area contributed by atoms with Gasteiger partial charge in [0, 0.05) is 13.1 Å². The molecule has 0 saturated carbocycles. The van der Waals surface area contributed by atoms with Crippen molar-refractivity contribution >= 4 is 17.5 Å². The Labute approximate surface area is 94.2 Å². The lowest BCUT2D eigenvalue weighted by molar-refractivity contribution is -0.127. The van der Waals surface area contributed by atoms with Crippen LogP contribution >= 0.6 is 11.6 Å². The summed E-state index contributed by atoms with van der Waals surface area (Å²) in [6, 6.07) is 9.94. The van der Waals surface area contributed by atoms with Gasteiger partial charge in [0.25, 0.3) is 5.91 Å². The van der Waals surface area contributed by atoms with Gasteiger partial charge in [0.15, 0.2) is 0 Å². The second-order valence-corrected chi connectivity index (χ2v) is 3.96. The van der Waals surface area contributed by atoms with Crippen molar-refractivity contribution in [2.24, 2.45) is 0 Å². The zero-order valence-corrected chi connectivity index (χ0v) is 9.07. The van der Waals surface area contributed by atoms with Gasteiger partial charge in [-0.05, 0) is 12.0 Å². The van der Waals surface area contributed by atoms with Gasteiger partial charge < -0.3 is 4.90 Å². The van der Waals surface area contributed by atoms with Crippen molar-refractivity contribution in [1.29, 1.82) is 0 Å². The lowest BCUT2D eigenvalue weighted by Gasteiger charge is -2.25. The van der Waals surface area contributed by atoms with Crippen molar-refractivity contribution in [3.05, 3.63) is 47.0 Å². The summed E-state index contributed by atoms with van der Waals surface area (Å²) in [4.78, 5) is 13.4. The molecule has 0 aliphatic carbocycles. The Morgan fingerprint density at radius 3 is 2.73 bits per heavy atom. The maximum Gasteiger partial charge on any atom is 0.265 e. The summed E-state index contributed by atoms with van der Waals surface area (Å²) in [5, 5.41) is 0.345. The number of carbonyl (C=O) groups is 1. The summed E-state index contributed by atoms with van der Waals surface area (Å²) in [6.45, 7) is 1.40. The molecule has 0 N–H and O–H groups in total. The summed E-state index contributed by atoms with van der Waals surface area (Å²) in [5.41, 5.74) is 1.14. The third-order valence-corrected chi connectivity index (χ3v) is 2.75. The van der Waals surface area contributed by atoms with Crippen LogP contribution in [0.15, 0.2) is 41.4 Å². The van der Waals surface area contributed by atoms with E-state index in [9.17, 15) is 4.79 Å². The van der Waals surface area contributed by atoms with Gasteiger partial charge >= 0.3 is 0 Å². The van der Waals surface area contributed by atoms with Crippen LogP contribution in [0, 0.1) is 0 Å². The molecular weight excluding hydrogens is 210 g/mol. The predicted octanol–water partition coefficient (Wildman–Crippen LogP) is 2.54. The Morgan fingerprint density at radius 2 is 2.00 bits per heavy atom. The van der Waals surface area contributed by atoms with Gasteiger partial charge in [0.05, 0.1) is 0 Å². The van der Waals surface area contributed by atoms with E-state index < -0.39 is 0 Å². The van der Waals surface area contributed by atoms with Crippen LogP contribution in [0.2, 0.25) is 0 Å². The van der Waals surface area contributed by atoms with E-state index in [1.165, 1.54) is 0 Å². The van der Waals surface area contributed by atoms with E-state index in [1.54, 1.807) is 11.0 Å². The molecule has 0 bridgehead atoms. The summed E-state index contributed by atoms with van der Waals surface area (Å²) in [7, 11) is 0. The molecule has 1 heterocycles.